The summed E-state index contributed by atoms with van der Waals surface area (Å²) < 4.78 is 0. The molecular formula is C24H17Cl3S2. The first-order valence-corrected chi connectivity index (χ1v) is 11.3. The molecule has 0 aliphatic heterocycles. The number of hydrogen-bond acceptors (Lipinski definition) is 1. The number of benzene rings is 4. The third-order valence-electron chi connectivity index (χ3n) is 4.23. The standard InChI is InChI=1S/C24H16Cl2S2.ClH/c25-20-8-2-5-11-23(20)27-18-15-13-17(14-16-18)19-7-1-4-10-22(19)28-24-12-6-3-9-21(24)26;/h1-16H;1H. The number of rotatable bonds is 5. The van der Waals surface area contributed by atoms with Crippen molar-refractivity contribution >= 4 is 46.7 Å². The molecule has 0 N–H and O–H groups in total. The largest absolute Gasteiger partial charge is 1.00 e. The van der Waals surface area contributed by atoms with Gasteiger partial charge in [0, 0.05) is 27.1 Å². The van der Waals surface area contributed by atoms with E-state index in [4.69, 9.17) is 23.2 Å². The Labute approximate surface area is 196 Å². The van der Waals surface area contributed by atoms with E-state index < -0.39 is 0 Å². The highest BCUT2D eigenvalue weighted by Gasteiger charge is 2.16. The van der Waals surface area contributed by atoms with Gasteiger partial charge in [0.2, 0.25) is 0 Å². The second-order valence-corrected chi connectivity index (χ2v) is 9.25. The Morgan fingerprint density at radius 1 is 0.586 bits per heavy atom. The zero-order valence-electron chi connectivity index (χ0n) is 15.2. The van der Waals surface area contributed by atoms with Crippen LogP contribution in [0.15, 0.2) is 117 Å². The van der Waals surface area contributed by atoms with Crippen molar-refractivity contribution in [3.05, 3.63) is 107 Å². The second-order valence-electron chi connectivity index (χ2n) is 6.14. The maximum Gasteiger partial charge on any atom is 0.176 e. The Hall–Kier alpha value is -1.55. The van der Waals surface area contributed by atoms with E-state index in [1.807, 2.05) is 42.5 Å². The molecule has 0 atom stereocenters. The zero-order chi connectivity index (χ0) is 19.3. The molecule has 4 aromatic carbocycles. The van der Waals surface area contributed by atoms with Gasteiger partial charge in [-0.2, -0.15) is 0 Å². The summed E-state index contributed by atoms with van der Waals surface area (Å²) in [5, 5.41) is 1.57. The van der Waals surface area contributed by atoms with E-state index >= 15 is 0 Å². The maximum absolute atomic E-state index is 6.36. The summed E-state index contributed by atoms with van der Waals surface area (Å²) >= 11 is 15.4. The van der Waals surface area contributed by atoms with Gasteiger partial charge in [-0.15, -0.1) is 0 Å². The van der Waals surface area contributed by atoms with Crippen molar-refractivity contribution in [3.8, 4) is 11.1 Å². The van der Waals surface area contributed by atoms with Crippen molar-refractivity contribution in [3.63, 3.8) is 0 Å². The fourth-order valence-corrected chi connectivity index (χ4v) is 5.28. The van der Waals surface area contributed by atoms with Gasteiger partial charge >= 0.3 is 0 Å². The van der Waals surface area contributed by atoms with Crippen LogP contribution in [0.4, 0.5) is 0 Å². The van der Waals surface area contributed by atoms with E-state index in [0.29, 0.717) is 0 Å². The molecule has 0 heterocycles. The lowest BCUT2D eigenvalue weighted by molar-refractivity contribution is -0.00000515. The van der Waals surface area contributed by atoms with Gasteiger partial charge in [0.15, 0.2) is 9.79 Å². The molecule has 4 aromatic rings. The van der Waals surface area contributed by atoms with Crippen molar-refractivity contribution in [1.82, 2.24) is 0 Å². The third kappa shape index (κ3) is 5.53. The molecule has 0 spiro atoms. The Balaban J connectivity index is 0.00000240. The topological polar surface area (TPSA) is 0 Å². The minimum absolute atomic E-state index is 0. The predicted octanol–water partition coefficient (Wildman–Crippen LogP) is 5.05. The van der Waals surface area contributed by atoms with Gasteiger partial charge in [-0.1, -0.05) is 83.5 Å². The predicted molar refractivity (Wildman–Crippen MR) is 124 cm³/mol. The van der Waals surface area contributed by atoms with Crippen LogP contribution >= 0.6 is 35.0 Å². The molecule has 0 aromatic heterocycles. The monoisotopic (exact) mass is 474 g/mol. The van der Waals surface area contributed by atoms with Gasteiger partial charge in [0.05, 0.1) is 10.0 Å². The lowest BCUT2D eigenvalue weighted by Gasteiger charge is -2.07. The SMILES string of the molecule is Clc1ccccc1Sc1ccc(-c2ccccc2[SH+]c2ccccc2Cl)cc1.[Cl-]. The van der Waals surface area contributed by atoms with Gasteiger partial charge in [0.25, 0.3) is 0 Å². The molecule has 0 aliphatic rings. The molecule has 4 rings (SSSR count). The van der Waals surface area contributed by atoms with Crippen LogP contribution in [0, 0.1) is 0 Å². The molecule has 0 bridgehead atoms. The highest BCUT2D eigenvalue weighted by atomic mass is 35.5. The first-order valence-electron chi connectivity index (χ1n) is 8.79. The van der Waals surface area contributed by atoms with Crippen molar-refractivity contribution in [2.75, 3.05) is 0 Å². The molecular weight excluding hydrogens is 459 g/mol. The normalized spacial score (nSPS) is 10.4. The van der Waals surface area contributed by atoms with Crippen LogP contribution < -0.4 is 12.4 Å². The first kappa shape index (κ1) is 22.1. The summed E-state index contributed by atoms with van der Waals surface area (Å²) in [4.78, 5) is 4.58. The average molecular weight is 476 g/mol. The van der Waals surface area contributed by atoms with E-state index in [2.05, 4.69) is 54.6 Å². The Kier molecular flexibility index (Phi) is 7.99. The highest BCUT2D eigenvalue weighted by Crippen LogP contribution is 2.35. The molecule has 0 amide bonds. The van der Waals surface area contributed by atoms with Crippen molar-refractivity contribution in [1.29, 1.82) is 0 Å². The highest BCUT2D eigenvalue weighted by molar-refractivity contribution is 7.99. The average Bonchev–Trinajstić information content (AvgIpc) is 2.73. The van der Waals surface area contributed by atoms with Gasteiger partial charge in [0.1, 0.15) is 0 Å². The van der Waals surface area contributed by atoms with Crippen LogP contribution in [0.2, 0.25) is 10.0 Å². The maximum atomic E-state index is 6.36. The van der Waals surface area contributed by atoms with Gasteiger partial charge in [-0.3, -0.25) is 0 Å². The van der Waals surface area contributed by atoms with E-state index in [1.165, 1.54) is 16.0 Å². The lowest BCUT2D eigenvalue weighted by atomic mass is 10.1. The minimum atomic E-state index is 0. The summed E-state index contributed by atoms with van der Waals surface area (Å²) in [5.74, 6) is 0. The number of halogens is 3. The van der Waals surface area contributed by atoms with Crippen molar-refractivity contribution in [2.24, 2.45) is 0 Å². The summed E-state index contributed by atoms with van der Waals surface area (Å²) in [5.41, 5.74) is 2.41. The Morgan fingerprint density at radius 3 is 1.86 bits per heavy atom. The van der Waals surface area contributed by atoms with Crippen LogP contribution in [-0.2, 0) is 11.8 Å². The molecule has 0 radical (unpaired) electrons. The molecule has 5 heteroatoms. The van der Waals surface area contributed by atoms with E-state index in [-0.39, 0.29) is 12.4 Å². The molecule has 0 aliphatic carbocycles. The van der Waals surface area contributed by atoms with E-state index in [1.54, 1.807) is 11.8 Å². The summed E-state index contributed by atoms with van der Waals surface area (Å²) in [6, 6.07) is 33.0. The van der Waals surface area contributed by atoms with E-state index in [9.17, 15) is 0 Å². The van der Waals surface area contributed by atoms with Crippen LogP contribution in [0.3, 0.4) is 0 Å². The lowest BCUT2D eigenvalue weighted by Crippen LogP contribution is -3.00. The molecule has 0 saturated carbocycles. The number of hydrogen-bond donors (Lipinski definition) is 0. The molecule has 0 saturated heterocycles. The second kappa shape index (κ2) is 10.5. The van der Waals surface area contributed by atoms with Crippen molar-refractivity contribution in [2.45, 2.75) is 19.6 Å². The Morgan fingerprint density at radius 2 is 1.17 bits per heavy atom. The Bertz CT molecular complexity index is 1100. The van der Waals surface area contributed by atoms with E-state index in [0.717, 1.165) is 36.5 Å². The molecule has 146 valence electrons. The zero-order valence-corrected chi connectivity index (χ0v) is 19.2. The summed E-state index contributed by atoms with van der Waals surface area (Å²) in [6.07, 6.45) is 0. The van der Waals surface area contributed by atoms with Crippen LogP contribution in [-0.4, -0.2) is 0 Å². The third-order valence-corrected chi connectivity index (χ3v) is 7.48. The molecule has 0 unspecified atom stereocenters. The van der Waals surface area contributed by atoms with Gasteiger partial charge < -0.3 is 12.4 Å². The molecule has 29 heavy (non-hydrogen) atoms. The van der Waals surface area contributed by atoms with Crippen LogP contribution in [0.1, 0.15) is 0 Å². The van der Waals surface area contributed by atoms with Gasteiger partial charge in [-0.05, 0) is 54.1 Å². The fraction of sp³-hybridized carbons (Fsp3) is 0. The minimum Gasteiger partial charge on any atom is -1.00 e. The quantitative estimate of drug-likeness (QED) is 0.287. The fourth-order valence-electron chi connectivity index (χ4n) is 2.84. The van der Waals surface area contributed by atoms with Gasteiger partial charge in [-0.25, -0.2) is 0 Å². The van der Waals surface area contributed by atoms with Crippen LogP contribution in [0.25, 0.3) is 11.1 Å². The smallest absolute Gasteiger partial charge is 0.176 e. The summed E-state index contributed by atoms with van der Waals surface area (Å²) in [6.45, 7) is 0. The number of thiol groups is 1. The molecule has 0 nitrogen and oxygen atoms in total. The summed E-state index contributed by atoms with van der Waals surface area (Å²) in [7, 11) is 0. The first-order chi connectivity index (χ1) is 13.7. The van der Waals surface area contributed by atoms with Crippen LogP contribution in [0.5, 0.6) is 0 Å². The molecule has 0 fully saturated rings. The van der Waals surface area contributed by atoms with Crippen molar-refractivity contribution < 1.29 is 12.4 Å².